The third-order valence-corrected chi connectivity index (χ3v) is 4.94. The Balaban J connectivity index is 1.62. The van der Waals surface area contributed by atoms with E-state index in [-0.39, 0.29) is 6.04 Å². The van der Waals surface area contributed by atoms with Crippen molar-refractivity contribution in [1.29, 1.82) is 0 Å². The quantitative estimate of drug-likeness (QED) is 0.717. The number of hydrogen-bond donors (Lipinski definition) is 1. The highest BCUT2D eigenvalue weighted by molar-refractivity contribution is 9.10. The highest BCUT2D eigenvalue weighted by Gasteiger charge is 2.29. The molecule has 24 heavy (non-hydrogen) atoms. The molecule has 1 aliphatic rings. The maximum atomic E-state index is 5.29. The highest BCUT2D eigenvalue weighted by Crippen LogP contribution is 2.39. The summed E-state index contributed by atoms with van der Waals surface area (Å²) in [4.78, 5) is 4.45. The summed E-state index contributed by atoms with van der Waals surface area (Å²) >= 11 is 3.53. The largest absolute Gasteiger partial charge is 0.496 e. The molecule has 0 saturated heterocycles. The Morgan fingerprint density at radius 1 is 1.33 bits per heavy atom. The minimum Gasteiger partial charge on any atom is -0.496 e. The number of benzene rings is 1. The molecule has 2 heterocycles. The number of methoxy groups -OCH3 is 1. The summed E-state index contributed by atoms with van der Waals surface area (Å²) in [6, 6.07) is 6.12. The van der Waals surface area contributed by atoms with Gasteiger partial charge in [-0.15, -0.1) is 10.2 Å². The second-order valence-corrected chi connectivity index (χ2v) is 6.92. The van der Waals surface area contributed by atoms with Crippen LogP contribution < -0.4 is 10.1 Å². The summed E-state index contributed by atoms with van der Waals surface area (Å²) in [6.07, 6.45) is 6.12. The van der Waals surface area contributed by atoms with Crippen LogP contribution in [0, 0.1) is 0 Å². The second kappa shape index (κ2) is 6.05. The Hall–Kier alpha value is -2.15. The molecule has 6 nitrogen and oxygen atoms in total. The smallest absolute Gasteiger partial charge is 0.203 e. The first-order valence-corrected chi connectivity index (χ1v) is 8.76. The number of hydrogen-bond acceptors (Lipinski definition) is 5. The molecule has 1 atom stereocenters. The Morgan fingerprint density at radius 3 is 2.88 bits per heavy atom. The van der Waals surface area contributed by atoms with Crippen molar-refractivity contribution in [2.45, 2.75) is 31.7 Å². The molecule has 2 aromatic heterocycles. The van der Waals surface area contributed by atoms with E-state index in [9.17, 15) is 0 Å². The lowest BCUT2D eigenvalue weighted by Crippen LogP contribution is -2.09. The van der Waals surface area contributed by atoms with Crippen LogP contribution >= 0.6 is 15.9 Å². The van der Waals surface area contributed by atoms with E-state index in [2.05, 4.69) is 49.4 Å². The van der Waals surface area contributed by atoms with Crippen LogP contribution in [-0.4, -0.2) is 26.7 Å². The third kappa shape index (κ3) is 2.73. The molecule has 1 N–H and O–H groups in total. The van der Waals surface area contributed by atoms with Gasteiger partial charge in [-0.1, -0.05) is 6.07 Å². The van der Waals surface area contributed by atoms with E-state index >= 15 is 0 Å². The maximum absolute atomic E-state index is 5.29. The average Bonchev–Trinajstić information content (AvgIpc) is 3.34. The molecule has 1 aromatic carbocycles. The van der Waals surface area contributed by atoms with Crippen molar-refractivity contribution in [2.24, 2.45) is 0 Å². The van der Waals surface area contributed by atoms with Crippen LogP contribution in [0.5, 0.6) is 5.75 Å². The zero-order valence-corrected chi connectivity index (χ0v) is 15.1. The number of halogens is 1. The summed E-state index contributed by atoms with van der Waals surface area (Å²) in [7, 11) is 1.66. The number of fused-ring (bicyclic) bond motifs is 1. The van der Waals surface area contributed by atoms with Crippen molar-refractivity contribution in [3.05, 3.63) is 46.5 Å². The molecule has 0 aliphatic heterocycles. The maximum Gasteiger partial charge on any atom is 0.203 e. The van der Waals surface area contributed by atoms with Crippen LogP contribution in [0.2, 0.25) is 0 Å². The normalized spacial score (nSPS) is 15.5. The van der Waals surface area contributed by atoms with Crippen LogP contribution in [0.15, 0.2) is 35.1 Å². The van der Waals surface area contributed by atoms with E-state index in [0.29, 0.717) is 5.92 Å². The van der Waals surface area contributed by atoms with Gasteiger partial charge in [0, 0.05) is 18.3 Å². The first kappa shape index (κ1) is 15.4. The summed E-state index contributed by atoms with van der Waals surface area (Å²) in [5.74, 6) is 3.15. The highest BCUT2D eigenvalue weighted by atomic mass is 79.9. The van der Waals surface area contributed by atoms with Gasteiger partial charge in [-0.25, -0.2) is 4.98 Å². The third-order valence-electron chi connectivity index (χ3n) is 4.32. The number of nitrogens with one attached hydrogen (secondary N) is 1. The van der Waals surface area contributed by atoms with Gasteiger partial charge in [0.1, 0.15) is 11.6 Å². The summed E-state index contributed by atoms with van der Waals surface area (Å²) in [6.45, 7) is 2.09. The van der Waals surface area contributed by atoms with E-state index in [0.717, 1.165) is 33.1 Å². The zero-order valence-electron chi connectivity index (χ0n) is 13.5. The predicted octanol–water partition coefficient (Wildman–Crippen LogP) is 3.95. The van der Waals surface area contributed by atoms with Gasteiger partial charge in [0.25, 0.3) is 0 Å². The standard InChI is InChI=1S/C17H18BrN5O/c1-10(12-5-6-14(24-2)13(18)9-12)20-15-17-22-21-16(11-3-4-11)23(17)8-7-19-15/h5-11H,3-4H2,1-2H3,(H,19,20). The summed E-state index contributed by atoms with van der Waals surface area (Å²) in [5, 5.41) is 12.1. The van der Waals surface area contributed by atoms with Gasteiger partial charge in [0.2, 0.25) is 5.65 Å². The van der Waals surface area contributed by atoms with Crippen molar-refractivity contribution in [3.8, 4) is 5.75 Å². The Labute approximate surface area is 148 Å². The number of rotatable bonds is 5. The van der Waals surface area contributed by atoms with E-state index in [1.165, 1.54) is 12.8 Å². The van der Waals surface area contributed by atoms with Crippen molar-refractivity contribution >= 4 is 27.4 Å². The minimum absolute atomic E-state index is 0.0759. The van der Waals surface area contributed by atoms with E-state index in [1.807, 2.05) is 22.7 Å². The fraction of sp³-hybridized carbons (Fsp3) is 0.353. The van der Waals surface area contributed by atoms with Gasteiger partial charge < -0.3 is 10.1 Å². The molecule has 1 aliphatic carbocycles. The topological polar surface area (TPSA) is 64.3 Å². The molecule has 1 fully saturated rings. The van der Waals surface area contributed by atoms with Gasteiger partial charge in [0.05, 0.1) is 17.6 Å². The van der Waals surface area contributed by atoms with Crippen LogP contribution in [0.3, 0.4) is 0 Å². The number of ether oxygens (including phenoxy) is 1. The van der Waals surface area contributed by atoms with Gasteiger partial charge in [0.15, 0.2) is 5.82 Å². The molecule has 7 heteroatoms. The Bertz CT molecular complexity index is 890. The predicted molar refractivity (Wildman–Crippen MR) is 95.5 cm³/mol. The summed E-state index contributed by atoms with van der Waals surface area (Å²) in [5.41, 5.74) is 1.91. The van der Waals surface area contributed by atoms with Gasteiger partial charge in [-0.3, -0.25) is 4.40 Å². The molecular formula is C17H18BrN5O. The van der Waals surface area contributed by atoms with Crippen molar-refractivity contribution in [1.82, 2.24) is 19.6 Å². The molecular weight excluding hydrogens is 370 g/mol. The van der Waals surface area contributed by atoms with Crippen LogP contribution in [0.1, 0.15) is 43.1 Å². The lowest BCUT2D eigenvalue weighted by molar-refractivity contribution is 0.412. The van der Waals surface area contributed by atoms with Crippen LogP contribution in [-0.2, 0) is 0 Å². The van der Waals surface area contributed by atoms with Crippen LogP contribution in [0.25, 0.3) is 5.65 Å². The monoisotopic (exact) mass is 387 g/mol. The average molecular weight is 388 g/mol. The molecule has 124 valence electrons. The molecule has 0 radical (unpaired) electrons. The fourth-order valence-corrected chi connectivity index (χ4v) is 3.36. The number of nitrogens with zero attached hydrogens (tertiary/aromatic N) is 4. The fourth-order valence-electron chi connectivity index (χ4n) is 2.81. The minimum atomic E-state index is 0.0759. The molecule has 0 spiro atoms. The number of anilines is 1. The number of aromatic nitrogens is 4. The Kier molecular flexibility index (Phi) is 3.88. The molecule has 1 saturated carbocycles. The molecule has 4 rings (SSSR count). The molecule has 3 aromatic rings. The lowest BCUT2D eigenvalue weighted by Gasteiger charge is -2.16. The van der Waals surface area contributed by atoms with Crippen molar-refractivity contribution < 1.29 is 4.74 Å². The van der Waals surface area contributed by atoms with E-state index < -0.39 is 0 Å². The second-order valence-electron chi connectivity index (χ2n) is 6.06. The lowest BCUT2D eigenvalue weighted by atomic mass is 10.1. The molecule has 0 bridgehead atoms. The first-order chi connectivity index (χ1) is 11.7. The summed E-state index contributed by atoms with van der Waals surface area (Å²) < 4.78 is 8.26. The molecule has 0 amide bonds. The van der Waals surface area contributed by atoms with Gasteiger partial charge >= 0.3 is 0 Å². The van der Waals surface area contributed by atoms with Crippen molar-refractivity contribution in [2.75, 3.05) is 12.4 Å². The molecule has 1 unspecified atom stereocenters. The van der Waals surface area contributed by atoms with Gasteiger partial charge in [-0.2, -0.15) is 0 Å². The first-order valence-electron chi connectivity index (χ1n) is 7.97. The Morgan fingerprint density at radius 2 is 2.17 bits per heavy atom. The van der Waals surface area contributed by atoms with Gasteiger partial charge in [-0.05, 0) is 53.4 Å². The van der Waals surface area contributed by atoms with Crippen molar-refractivity contribution in [3.63, 3.8) is 0 Å². The zero-order chi connectivity index (χ0) is 16.7. The van der Waals surface area contributed by atoms with Crippen LogP contribution in [0.4, 0.5) is 5.82 Å². The SMILES string of the molecule is COc1ccc(C(C)Nc2nccn3c(C4CC4)nnc23)cc1Br. The van der Waals surface area contributed by atoms with E-state index in [1.54, 1.807) is 13.3 Å². The van der Waals surface area contributed by atoms with E-state index in [4.69, 9.17) is 4.74 Å².